The molecule has 0 N–H and O–H groups in total. The van der Waals surface area contributed by atoms with E-state index in [0.717, 1.165) is 12.8 Å². The molecule has 0 unspecified atom stereocenters. The van der Waals surface area contributed by atoms with E-state index in [-0.39, 0.29) is 0 Å². The van der Waals surface area contributed by atoms with E-state index < -0.39 is 0 Å². The summed E-state index contributed by atoms with van der Waals surface area (Å²) in [6, 6.07) is 0. The van der Waals surface area contributed by atoms with E-state index >= 15 is 0 Å². The van der Waals surface area contributed by atoms with Gasteiger partial charge in [0.2, 0.25) is 0 Å². The molecule has 0 saturated carbocycles. The molecular weight excluding hydrogens is 192 g/mol. The summed E-state index contributed by atoms with van der Waals surface area (Å²) in [6.45, 7) is 6.10. The van der Waals surface area contributed by atoms with Crippen molar-refractivity contribution < 1.29 is 0 Å². The summed E-state index contributed by atoms with van der Waals surface area (Å²) >= 11 is 0. The zero-order valence-corrected chi connectivity index (χ0v) is 11.3. The van der Waals surface area contributed by atoms with Crippen LogP contribution in [0.1, 0.15) is 84.0 Å². The topological polar surface area (TPSA) is 0 Å². The summed E-state index contributed by atoms with van der Waals surface area (Å²) in [5.74, 6) is 0. The lowest BCUT2D eigenvalue weighted by atomic mass is 10.1. The summed E-state index contributed by atoms with van der Waals surface area (Å²) in [5, 5.41) is 0. The molecule has 95 valence electrons. The Morgan fingerprint density at radius 2 is 1.19 bits per heavy atom. The van der Waals surface area contributed by atoms with Crippen LogP contribution in [0.2, 0.25) is 0 Å². The maximum absolute atomic E-state index is 3.82. The Kier molecular flexibility index (Phi) is 14.5. The number of unbranched alkanes of at least 4 members (excludes halogenated alkanes) is 10. The fraction of sp³-hybridized carbons (Fsp3) is 0.812. The molecule has 0 spiro atoms. The molecule has 0 aromatic rings. The number of rotatable bonds is 12. The summed E-state index contributed by atoms with van der Waals surface area (Å²) in [5.41, 5.74) is 0. The molecule has 0 atom stereocenters. The van der Waals surface area contributed by atoms with Crippen LogP contribution in [-0.4, -0.2) is 0 Å². The number of hydrogen-bond acceptors (Lipinski definition) is 0. The fourth-order valence-electron chi connectivity index (χ4n) is 1.93. The summed E-state index contributed by atoms with van der Waals surface area (Å²) < 4.78 is 0. The van der Waals surface area contributed by atoms with Crippen LogP contribution in [0, 0.1) is 6.92 Å². The summed E-state index contributed by atoms with van der Waals surface area (Å²) in [6.07, 6.45) is 20.9. The highest BCUT2D eigenvalue weighted by Crippen LogP contribution is 2.10. The second kappa shape index (κ2) is 14.7. The van der Waals surface area contributed by atoms with E-state index in [4.69, 9.17) is 0 Å². The van der Waals surface area contributed by atoms with E-state index in [1.54, 1.807) is 0 Å². The highest BCUT2D eigenvalue weighted by Gasteiger charge is 1.90. The molecule has 0 fully saturated rings. The molecule has 0 aliphatic heterocycles. The first-order chi connectivity index (χ1) is 7.91. The Hall–Kier alpha value is -0.260. The van der Waals surface area contributed by atoms with Crippen molar-refractivity contribution in [1.29, 1.82) is 0 Å². The third kappa shape index (κ3) is 13.7. The van der Waals surface area contributed by atoms with Crippen molar-refractivity contribution in [3.8, 4) is 0 Å². The average molecular weight is 223 g/mol. The maximum Gasteiger partial charge on any atom is -0.0351 e. The number of allylic oxidation sites excluding steroid dienone is 2. The van der Waals surface area contributed by atoms with Gasteiger partial charge in [0.15, 0.2) is 0 Å². The van der Waals surface area contributed by atoms with Crippen LogP contribution >= 0.6 is 0 Å². The van der Waals surface area contributed by atoms with Crippen molar-refractivity contribution in [2.75, 3.05) is 0 Å². The Balaban J connectivity index is 2.93. The molecule has 0 aliphatic rings. The molecule has 0 bridgehead atoms. The largest absolute Gasteiger partial charge is 0.0885 e. The van der Waals surface area contributed by atoms with Gasteiger partial charge >= 0.3 is 0 Å². The third-order valence-electron chi connectivity index (χ3n) is 3.01. The lowest BCUT2D eigenvalue weighted by Gasteiger charge is -2.00. The normalized spacial score (nSPS) is 11.4. The SMILES string of the molecule is [CH2]CCC=CCCCCCCCCCCC. The van der Waals surface area contributed by atoms with Crippen LogP contribution in [0.4, 0.5) is 0 Å². The molecule has 0 aromatic carbocycles. The van der Waals surface area contributed by atoms with Gasteiger partial charge in [-0.1, -0.05) is 77.4 Å². The van der Waals surface area contributed by atoms with Gasteiger partial charge in [-0.05, 0) is 25.7 Å². The highest BCUT2D eigenvalue weighted by molar-refractivity contribution is 4.81. The van der Waals surface area contributed by atoms with Crippen LogP contribution in [0.15, 0.2) is 12.2 Å². The molecule has 0 rings (SSSR count). The molecule has 0 aromatic heterocycles. The Morgan fingerprint density at radius 3 is 1.75 bits per heavy atom. The van der Waals surface area contributed by atoms with E-state index in [9.17, 15) is 0 Å². The van der Waals surface area contributed by atoms with E-state index in [2.05, 4.69) is 26.0 Å². The molecule has 0 heteroatoms. The summed E-state index contributed by atoms with van der Waals surface area (Å²) in [4.78, 5) is 0. The van der Waals surface area contributed by atoms with E-state index in [1.807, 2.05) is 0 Å². The van der Waals surface area contributed by atoms with Gasteiger partial charge in [0.05, 0.1) is 0 Å². The van der Waals surface area contributed by atoms with Gasteiger partial charge in [0.25, 0.3) is 0 Å². The van der Waals surface area contributed by atoms with E-state index in [1.165, 1.54) is 64.2 Å². The van der Waals surface area contributed by atoms with E-state index in [0.29, 0.717) is 0 Å². The second-order valence-corrected chi connectivity index (χ2v) is 4.73. The first kappa shape index (κ1) is 15.7. The molecule has 0 heterocycles. The third-order valence-corrected chi connectivity index (χ3v) is 3.01. The van der Waals surface area contributed by atoms with Gasteiger partial charge in [-0.15, -0.1) is 0 Å². The molecular formula is C16H31. The Labute approximate surface area is 104 Å². The molecule has 1 radical (unpaired) electrons. The molecule has 0 nitrogen and oxygen atoms in total. The predicted octanol–water partition coefficient (Wildman–Crippen LogP) is 6.08. The predicted molar refractivity (Wildman–Crippen MR) is 75.6 cm³/mol. The van der Waals surface area contributed by atoms with Crippen molar-refractivity contribution in [2.45, 2.75) is 84.0 Å². The quantitative estimate of drug-likeness (QED) is 0.278. The lowest BCUT2D eigenvalue weighted by Crippen LogP contribution is -1.80. The van der Waals surface area contributed by atoms with Crippen LogP contribution in [0.3, 0.4) is 0 Å². The molecule has 0 saturated heterocycles. The Morgan fingerprint density at radius 1 is 0.688 bits per heavy atom. The summed E-state index contributed by atoms with van der Waals surface area (Å²) in [7, 11) is 0. The Bertz CT molecular complexity index is 135. The smallest absolute Gasteiger partial charge is 0.0351 e. The lowest BCUT2D eigenvalue weighted by molar-refractivity contribution is 0.566. The van der Waals surface area contributed by atoms with Gasteiger partial charge in [-0.25, -0.2) is 0 Å². The monoisotopic (exact) mass is 223 g/mol. The highest BCUT2D eigenvalue weighted by atomic mass is 14.0. The fourth-order valence-corrected chi connectivity index (χ4v) is 1.93. The second-order valence-electron chi connectivity index (χ2n) is 4.73. The minimum absolute atomic E-state index is 1.04. The van der Waals surface area contributed by atoms with Gasteiger partial charge in [-0.2, -0.15) is 0 Å². The van der Waals surface area contributed by atoms with Gasteiger partial charge in [0.1, 0.15) is 0 Å². The minimum Gasteiger partial charge on any atom is -0.0885 e. The maximum atomic E-state index is 3.82. The number of hydrogen-bond donors (Lipinski definition) is 0. The van der Waals surface area contributed by atoms with Gasteiger partial charge in [0, 0.05) is 0 Å². The van der Waals surface area contributed by atoms with Crippen LogP contribution in [0.5, 0.6) is 0 Å². The average Bonchev–Trinajstić information content (AvgIpc) is 2.31. The van der Waals surface area contributed by atoms with Crippen LogP contribution < -0.4 is 0 Å². The van der Waals surface area contributed by atoms with Crippen molar-refractivity contribution >= 4 is 0 Å². The van der Waals surface area contributed by atoms with Crippen LogP contribution in [0.25, 0.3) is 0 Å². The molecule has 16 heavy (non-hydrogen) atoms. The minimum atomic E-state index is 1.04. The van der Waals surface area contributed by atoms with Crippen molar-refractivity contribution in [2.24, 2.45) is 0 Å². The van der Waals surface area contributed by atoms with Crippen molar-refractivity contribution in [3.05, 3.63) is 19.1 Å². The standard InChI is InChI=1S/C16H31/c1-3-5-7-9-11-13-15-16-14-12-10-8-6-4-2/h7,9H,1,3-6,8,10-16H2,2H3. The first-order valence-corrected chi connectivity index (χ1v) is 7.36. The molecule has 0 amide bonds. The van der Waals surface area contributed by atoms with Crippen molar-refractivity contribution in [3.63, 3.8) is 0 Å². The zero-order chi connectivity index (χ0) is 11.9. The van der Waals surface area contributed by atoms with Crippen molar-refractivity contribution in [1.82, 2.24) is 0 Å². The first-order valence-electron chi connectivity index (χ1n) is 7.36. The molecule has 0 aliphatic carbocycles. The zero-order valence-electron chi connectivity index (χ0n) is 11.3. The van der Waals surface area contributed by atoms with Gasteiger partial charge in [-0.3, -0.25) is 0 Å². The van der Waals surface area contributed by atoms with Crippen LogP contribution in [-0.2, 0) is 0 Å². The van der Waals surface area contributed by atoms with Gasteiger partial charge < -0.3 is 0 Å².